The molecule has 6 nitrogen and oxygen atoms in total. The van der Waals surface area contributed by atoms with E-state index in [1.807, 2.05) is 25.5 Å². The number of hydrogen-bond donors (Lipinski definition) is 0. The number of rotatable bonds is 2. The molecule has 1 aliphatic heterocycles. The number of likely N-dealkylation sites (tertiary alicyclic amines) is 1. The van der Waals surface area contributed by atoms with Crippen molar-refractivity contribution in [2.75, 3.05) is 13.1 Å². The van der Waals surface area contributed by atoms with Gasteiger partial charge in [0.05, 0.1) is 15.4 Å². The third-order valence-corrected chi connectivity index (χ3v) is 5.03. The summed E-state index contributed by atoms with van der Waals surface area (Å²) in [6.45, 7) is 6.90. The van der Waals surface area contributed by atoms with Crippen LogP contribution in [-0.2, 0) is 9.53 Å². The number of amides is 1. The van der Waals surface area contributed by atoms with Crippen molar-refractivity contribution < 1.29 is 14.3 Å². The molecule has 2 heterocycles. The van der Waals surface area contributed by atoms with Crippen molar-refractivity contribution in [2.24, 2.45) is 0 Å². The van der Waals surface area contributed by atoms with Crippen LogP contribution in [0.1, 0.15) is 57.7 Å². The number of nitrogens with zero attached hydrogens (tertiary/aromatic N) is 3. The highest BCUT2D eigenvalue weighted by Crippen LogP contribution is 2.32. The van der Waals surface area contributed by atoms with Gasteiger partial charge in [0.15, 0.2) is 0 Å². The second-order valence-corrected chi connectivity index (χ2v) is 8.46. The smallest absolute Gasteiger partial charge is 0.410 e. The lowest BCUT2D eigenvalue weighted by molar-refractivity contribution is -0.117. The van der Waals surface area contributed by atoms with Crippen LogP contribution in [0.5, 0.6) is 0 Å². The highest BCUT2D eigenvalue weighted by Gasteiger charge is 2.37. The molecule has 23 heavy (non-hydrogen) atoms. The number of ketones is 1. The number of halogens is 1. The molecular weight excluding hydrogens is 409 g/mol. The first kappa shape index (κ1) is 16.7. The molecule has 0 radical (unpaired) electrons. The van der Waals surface area contributed by atoms with E-state index < -0.39 is 5.60 Å². The van der Waals surface area contributed by atoms with Crippen molar-refractivity contribution in [3.05, 3.63) is 15.5 Å². The number of aromatic nitrogens is 2. The van der Waals surface area contributed by atoms with Gasteiger partial charge >= 0.3 is 6.09 Å². The van der Waals surface area contributed by atoms with Crippen LogP contribution in [0.2, 0.25) is 0 Å². The molecular formula is C16H22IN3O3. The Labute approximate surface area is 149 Å². The molecule has 1 saturated carbocycles. The summed E-state index contributed by atoms with van der Waals surface area (Å²) in [5.41, 5.74) is 0.544. The minimum Gasteiger partial charge on any atom is -0.444 e. The Balaban J connectivity index is 1.60. The molecule has 0 N–H and O–H groups in total. The summed E-state index contributed by atoms with van der Waals surface area (Å²) in [7, 11) is 0. The molecule has 0 aromatic carbocycles. The van der Waals surface area contributed by atoms with Gasteiger partial charge in [0.1, 0.15) is 11.4 Å². The van der Waals surface area contributed by atoms with Crippen LogP contribution >= 0.6 is 22.6 Å². The van der Waals surface area contributed by atoms with Crippen LogP contribution in [0.4, 0.5) is 4.79 Å². The molecule has 0 bridgehead atoms. The zero-order valence-electron chi connectivity index (χ0n) is 13.7. The Morgan fingerprint density at radius 1 is 1.39 bits per heavy atom. The molecule has 1 aliphatic carbocycles. The number of carbonyl (C=O) groups is 2. The average Bonchev–Trinajstić information content (AvgIpc) is 2.91. The molecule has 1 saturated heterocycles. The Bertz CT molecular complexity index is 629. The Kier molecular flexibility index (Phi) is 4.41. The maximum absolute atomic E-state index is 12.0. The van der Waals surface area contributed by atoms with Gasteiger partial charge in [-0.15, -0.1) is 0 Å². The molecule has 0 spiro atoms. The molecule has 3 rings (SSSR count). The van der Waals surface area contributed by atoms with Crippen molar-refractivity contribution in [2.45, 2.75) is 57.6 Å². The van der Waals surface area contributed by atoms with Crippen LogP contribution in [0, 0.1) is 3.70 Å². The van der Waals surface area contributed by atoms with Gasteiger partial charge < -0.3 is 9.64 Å². The minimum absolute atomic E-state index is 0.199. The second kappa shape index (κ2) is 6.07. The normalized spacial score (nSPS) is 22.3. The summed E-state index contributed by atoms with van der Waals surface area (Å²) in [5.74, 6) is 0.581. The molecule has 1 unspecified atom stereocenters. The lowest BCUT2D eigenvalue weighted by Gasteiger charge is -2.38. The summed E-state index contributed by atoms with van der Waals surface area (Å²) in [4.78, 5) is 25.2. The van der Waals surface area contributed by atoms with Crippen LogP contribution in [0.3, 0.4) is 0 Å². The van der Waals surface area contributed by atoms with Gasteiger partial charge in [0, 0.05) is 31.8 Å². The SMILES string of the molecule is CC(C)(C)OC(=O)N1CC(c2cc(I)n(C3CCC(=O)C3)n2)C1. The third-order valence-electron chi connectivity index (χ3n) is 4.23. The van der Waals surface area contributed by atoms with Crippen LogP contribution in [0.15, 0.2) is 6.07 Å². The van der Waals surface area contributed by atoms with Gasteiger partial charge in [-0.2, -0.15) is 5.10 Å². The summed E-state index contributed by atoms with van der Waals surface area (Å²) in [5, 5.41) is 4.69. The van der Waals surface area contributed by atoms with Gasteiger partial charge in [-0.3, -0.25) is 9.48 Å². The second-order valence-electron chi connectivity index (χ2n) is 7.35. The fourth-order valence-corrected chi connectivity index (χ4v) is 3.81. The van der Waals surface area contributed by atoms with E-state index in [1.165, 1.54) is 0 Å². The molecule has 1 atom stereocenters. The molecule has 126 valence electrons. The summed E-state index contributed by atoms with van der Waals surface area (Å²) in [6, 6.07) is 2.27. The van der Waals surface area contributed by atoms with E-state index in [0.29, 0.717) is 31.7 Å². The maximum Gasteiger partial charge on any atom is 0.410 e. The van der Waals surface area contributed by atoms with Gasteiger partial charge in [-0.05, 0) is 55.8 Å². The standard InChI is InChI=1S/C16H22IN3O3/c1-16(2,3)23-15(22)19-8-10(9-19)13-7-14(17)20(18-13)11-4-5-12(21)6-11/h7,10-11H,4-6,8-9H2,1-3H3. The fourth-order valence-electron chi connectivity index (χ4n) is 2.99. The molecule has 1 aromatic heterocycles. The first-order valence-corrected chi connectivity index (χ1v) is 9.05. The van der Waals surface area contributed by atoms with E-state index >= 15 is 0 Å². The summed E-state index contributed by atoms with van der Waals surface area (Å²) < 4.78 is 8.42. The number of carbonyl (C=O) groups excluding carboxylic acids is 2. The van der Waals surface area contributed by atoms with Crippen molar-refractivity contribution in [1.82, 2.24) is 14.7 Å². The Hall–Kier alpha value is -1.12. The zero-order chi connectivity index (χ0) is 16.8. The van der Waals surface area contributed by atoms with Gasteiger partial charge in [-0.1, -0.05) is 0 Å². The van der Waals surface area contributed by atoms with E-state index in [2.05, 4.69) is 28.7 Å². The van der Waals surface area contributed by atoms with Crippen molar-refractivity contribution >= 4 is 34.5 Å². The van der Waals surface area contributed by atoms with Crippen LogP contribution in [0.25, 0.3) is 0 Å². The zero-order valence-corrected chi connectivity index (χ0v) is 15.9. The first-order valence-electron chi connectivity index (χ1n) is 7.97. The highest BCUT2D eigenvalue weighted by atomic mass is 127. The van der Waals surface area contributed by atoms with E-state index in [1.54, 1.807) is 4.90 Å². The lowest BCUT2D eigenvalue weighted by atomic mass is 9.97. The average molecular weight is 431 g/mol. The predicted octanol–water partition coefficient (Wildman–Crippen LogP) is 3.12. The van der Waals surface area contributed by atoms with Gasteiger partial charge in [-0.25, -0.2) is 4.79 Å². The van der Waals surface area contributed by atoms with E-state index in [-0.39, 0.29) is 18.1 Å². The van der Waals surface area contributed by atoms with Gasteiger partial charge in [0.2, 0.25) is 0 Å². The van der Waals surface area contributed by atoms with Crippen molar-refractivity contribution in [3.63, 3.8) is 0 Å². The van der Waals surface area contributed by atoms with E-state index in [9.17, 15) is 9.59 Å². The van der Waals surface area contributed by atoms with Crippen LogP contribution < -0.4 is 0 Å². The summed E-state index contributed by atoms with van der Waals surface area (Å²) in [6.07, 6.45) is 1.87. The van der Waals surface area contributed by atoms with Crippen molar-refractivity contribution in [3.8, 4) is 0 Å². The Morgan fingerprint density at radius 3 is 2.65 bits per heavy atom. The largest absolute Gasteiger partial charge is 0.444 e. The maximum atomic E-state index is 12.0. The summed E-state index contributed by atoms with van der Waals surface area (Å²) >= 11 is 2.27. The van der Waals surface area contributed by atoms with Gasteiger partial charge in [0.25, 0.3) is 0 Å². The minimum atomic E-state index is -0.464. The monoisotopic (exact) mass is 431 g/mol. The highest BCUT2D eigenvalue weighted by molar-refractivity contribution is 14.1. The number of ether oxygens (including phenoxy) is 1. The molecule has 1 aromatic rings. The predicted molar refractivity (Wildman–Crippen MR) is 93.4 cm³/mol. The quantitative estimate of drug-likeness (QED) is 0.676. The number of Topliss-reactive ketones (excluding diaryl/α,β-unsaturated/α-hetero) is 1. The molecule has 2 aliphatic rings. The Morgan fingerprint density at radius 2 is 2.09 bits per heavy atom. The lowest BCUT2D eigenvalue weighted by Crippen LogP contribution is -2.50. The van der Waals surface area contributed by atoms with E-state index in [4.69, 9.17) is 9.84 Å². The van der Waals surface area contributed by atoms with E-state index in [0.717, 1.165) is 15.8 Å². The third kappa shape index (κ3) is 3.70. The molecule has 2 fully saturated rings. The molecule has 1 amide bonds. The molecule has 7 heteroatoms. The van der Waals surface area contributed by atoms with Crippen LogP contribution in [-0.4, -0.2) is 45.2 Å². The topological polar surface area (TPSA) is 64.4 Å². The fraction of sp³-hybridized carbons (Fsp3) is 0.688. The van der Waals surface area contributed by atoms with Crippen molar-refractivity contribution in [1.29, 1.82) is 0 Å². The first-order chi connectivity index (χ1) is 10.7. The number of hydrogen-bond acceptors (Lipinski definition) is 4.